The van der Waals surface area contributed by atoms with Gasteiger partial charge >= 0.3 is 0 Å². The molecular formula is C34H31N5O2S. The molecule has 0 saturated carbocycles. The molecule has 0 unspecified atom stereocenters. The molecule has 7 nitrogen and oxygen atoms in total. The Morgan fingerprint density at radius 1 is 0.952 bits per heavy atom. The van der Waals surface area contributed by atoms with Gasteiger partial charge in [-0.25, -0.2) is 4.68 Å². The highest BCUT2D eigenvalue weighted by Crippen LogP contribution is 2.48. The van der Waals surface area contributed by atoms with Crippen molar-refractivity contribution >= 4 is 29.4 Å². The first-order valence-electron chi connectivity index (χ1n) is 13.9. The maximum atomic E-state index is 13.9. The van der Waals surface area contributed by atoms with Gasteiger partial charge in [0.25, 0.3) is 0 Å². The Hall–Kier alpha value is -4.69. The lowest BCUT2D eigenvalue weighted by Crippen LogP contribution is -2.42. The summed E-state index contributed by atoms with van der Waals surface area (Å²) in [7, 11) is 0. The van der Waals surface area contributed by atoms with Crippen LogP contribution in [0.5, 0.6) is 0 Å². The summed E-state index contributed by atoms with van der Waals surface area (Å²) < 4.78 is 1.84. The summed E-state index contributed by atoms with van der Waals surface area (Å²) in [4.78, 5) is 33.0. The van der Waals surface area contributed by atoms with Crippen molar-refractivity contribution in [3.8, 4) is 16.9 Å². The van der Waals surface area contributed by atoms with Crippen LogP contribution in [0.15, 0.2) is 103 Å². The van der Waals surface area contributed by atoms with Gasteiger partial charge in [0.15, 0.2) is 0 Å². The molecule has 2 aromatic heterocycles. The third-order valence-electron chi connectivity index (χ3n) is 7.24. The van der Waals surface area contributed by atoms with Gasteiger partial charge in [-0.15, -0.1) is 11.8 Å². The molecule has 42 heavy (non-hydrogen) atoms. The zero-order valence-corrected chi connectivity index (χ0v) is 24.3. The van der Waals surface area contributed by atoms with Crippen LogP contribution in [0.3, 0.4) is 0 Å². The molecule has 0 aliphatic carbocycles. The van der Waals surface area contributed by atoms with Gasteiger partial charge in [0.05, 0.1) is 22.4 Å². The van der Waals surface area contributed by atoms with Crippen LogP contribution in [0, 0.1) is 13.8 Å². The number of pyridine rings is 1. The molecule has 1 aliphatic rings. The number of benzene rings is 3. The van der Waals surface area contributed by atoms with Gasteiger partial charge in [-0.1, -0.05) is 78.4 Å². The molecule has 0 spiro atoms. The minimum absolute atomic E-state index is 0.126. The van der Waals surface area contributed by atoms with Gasteiger partial charge in [-0.3, -0.25) is 19.5 Å². The van der Waals surface area contributed by atoms with Crippen LogP contribution < -0.4 is 10.2 Å². The molecule has 210 valence electrons. The number of carbonyl (C=O) groups is 2. The van der Waals surface area contributed by atoms with Crippen LogP contribution in [-0.4, -0.2) is 38.9 Å². The van der Waals surface area contributed by atoms with E-state index >= 15 is 0 Å². The molecule has 1 aliphatic heterocycles. The van der Waals surface area contributed by atoms with Crippen LogP contribution in [0.2, 0.25) is 0 Å². The number of nitrogens with one attached hydrogen (secondary N) is 1. The zero-order valence-electron chi connectivity index (χ0n) is 23.5. The predicted molar refractivity (Wildman–Crippen MR) is 168 cm³/mol. The number of aromatic nitrogens is 3. The van der Waals surface area contributed by atoms with E-state index in [2.05, 4.69) is 41.5 Å². The van der Waals surface area contributed by atoms with Gasteiger partial charge in [0.2, 0.25) is 11.8 Å². The molecule has 0 fully saturated rings. The van der Waals surface area contributed by atoms with Crippen molar-refractivity contribution in [2.24, 2.45) is 0 Å². The summed E-state index contributed by atoms with van der Waals surface area (Å²) in [5.41, 5.74) is 7.70. The smallest absolute Gasteiger partial charge is 0.240 e. The van der Waals surface area contributed by atoms with E-state index in [-0.39, 0.29) is 29.4 Å². The van der Waals surface area contributed by atoms with Crippen molar-refractivity contribution in [2.75, 3.05) is 17.2 Å². The summed E-state index contributed by atoms with van der Waals surface area (Å²) in [6.45, 7) is 4.31. The average molecular weight is 574 g/mol. The molecule has 6 rings (SSSR count). The second-order valence-corrected chi connectivity index (χ2v) is 11.5. The van der Waals surface area contributed by atoms with E-state index in [4.69, 9.17) is 5.10 Å². The summed E-state index contributed by atoms with van der Waals surface area (Å²) in [5, 5.41) is 7.97. The second-order valence-electron chi connectivity index (χ2n) is 10.4. The number of carbonyl (C=O) groups excluding carboxylic acids is 2. The number of anilines is 1. The van der Waals surface area contributed by atoms with Gasteiger partial charge in [0, 0.05) is 30.1 Å². The summed E-state index contributed by atoms with van der Waals surface area (Å²) in [6.07, 6.45) is 3.42. The molecule has 0 bridgehead atoms. The highest BCUT2D eigenvalue weighted by atomic mass is 32.2. The number of hydrogen-bond donors (Lipinski definition) is 1. The van der Waals surface area contributed by atoms with E-state index < -0.39 is 0 Å². The number of thioether (sulfide) groups is 1. The van der Waals surface area contributed by atoms with Crippen molar-refractivity contribution in [2.45, 2.75) is 25.6 Å². The van der Waals surface area contributed by atoms with Crippen LogP contribution in [-0.2, 0) is 16.1 Å². The first kappa shape index (κ1) is 27.5. The van der Waals surface area contributed by atoms with Crippen molar-refractivity contribution < 1.29 is 9.59 Å². The Bertz CT molecular complexity index is 1740. The van der Waals surface area contributed by atoms with Crippen LogP contribution in [0.4, 0.5) is 5.82 Å². The molecule has 3 aromatic carbocycles. The summed E-state index contributed by atoms with van der Waals surface area (Å²) in [5.74, 6) is 0.458. The van der Waals surface area contributed by atoms with Crippen LogP contribution >= 0.6 is 11.8 Å². The van der Waals surface area contributed by atoms with Gasteiger partial charge in [-0.2, -0.15) is 5.10 Å². The molecule has 8 heteroatoms. The number of rotatable bonds is 7. The van der Waals surface area contributed by atoms with E-state index in [1.165, 1.54) is 0 Å². The summed E-state index contributed by atoms with van der Waals surface area (Å²) >= 11 is 1.57. The molecule has 1 atom stereocenters. The van der Waals surface area contributed by atoms with Gasteiger partial charge in [0.1, 0.15) is 12.4 Å². The molecule has 5 aromatic rings. The van der Waals surface area contributed by atoms with E-state index in [1.807, 2.05) is 78.3 Å². The van der Waals surface area contributed by atoms with Gasteiger partial charge < -0.3 is 5.32 Å². The standard InChI is InChI=1S/C34H31N5O2S/c1-23-9-6-14-27(17-23)33-31-32(26-12-4-3-5-13-26)37-39(28-15-7-10-24(2)18-28)34(31)38(30(41)22-42-33)21-29(40)36-20-25-11-8-16-35-19-25/h3-19,33H,20-22H2,1-2H3,(H,36,40)/t33-/m1/s1. The maximum absolute atomic E-state index is 13.9. The Morgan fingerprint density at radius 2 is 1.74 bits per heavy atom. The topological polar surface area (TPSA) is 80.1 Å². The van der Waals surface area contributed by atoms with E-state index in [0.29, 0.717) is 12.4 Å². The Labute approximate surface area is 249 Å². The predicted octanol–water partition coefficient (Wildman–Crippen LogP) is 6.04. The van der Waals surface area contributed by atoms with Crippen LogP contribution in [0.25, 0.3) is 16.9 Å². The third kappa shape index (κ3) is 5.71. The van der Waals surface area contributed by atoms with Crippen molar-refractivity contribution in [3.05, 3.63) is 131 Å². The van der Waals surface area contributed by atoms with Crippen LogP contribution in [0.1, 0.15) is 33.1 Å². The number of fused-ring (bicyclic) bond motifs is 1. The van der Waals surface area contributed by atoms with Gasteiger partial charge in [-0.05, 0) is 48.7 Å². The Balaban J connectivity index is 1.52. The molecular weight excluding hydrogens is 542 g/mol. The fraction of sp³-hybridized carbons (Fsp3) is 0.176. The first-order valence-corrected chi connectivity index (χ1v) is 14.9. The number of hydrogen-bond acceptors (Lipinski definition) is 5. The minimum atomic E-state index is -0.254. The number of amides is 2. The quantitative estimate of drug-likeness (QED) is 0.257. The Kier molecular flexibility index (Phi) is 7.88. The minimum Gasteiger partial charge on any atom is -0.350 e. The lowest BCUT2D eigenvalue weighted by atomic mass is 9.98. The molecule has 0 saturated heterocycles. The monoisotopic (exact) mass is 573 g/mol. The molecule has 2 amide bonds. The van der Waals surface area contributed by atoms with E-state index in [9.17, 15) is 9.59 Å². The molecule has 0 radical (unpaired) electrons. The van der Waals surface area contributed by atoms with E-state index in [1.54, 1.807) is 29.1 Å². The first-order chi connectivity index (χ1) is 20.5. The number of aryl methyl sites for hydroxylation is 2. The normalized spacial score (nSPS) is 14.8. The molecule has 1 N–H and O–H groups in total. The average Bonchev–Trinajstić information content (AvgIpc) is 3.33. The fourth-order valence-electron chi connectivity index (χ4n) is 5.27. The maximum Gasteiger partial charge on any atom is 0.240 e. The second kappa shape index (κ2) is 12.0. The highest BCUT2D eigenvalue weighted by Gasteiger charge is 2.37. The highest BCUT2D eigenvalue weighted by molar-refractivity contribution is 8.00. The summed E-state index contributed by atoms with van der Waals surface area (Å²) in [6, 6.07) is 30.2. The van der Waals surface area contributed by atoms with E-state index in [0.717, 1.165) is 44.8 Å². The third-order valence-corrected chi connectivity index (χ3v) is 8.50. The van der Waals surface area contributed by atoms with Crippen molar-refractivity contribution in [3.63, 3.8) is 0 Å². The number of nitrogens with zero attached hydrogens (tertiary/aromatic N) is 4. The molecule has 3 heterocycles. The lowest BCUT2D eigenvalue weighted by molar-refractivity contribution is -0.123. The van der Waals surface area contributed by atoms with Crippen molar-refractivity contribution in [1.29, 1.82) is 0 Å². The Morgan fingerprint density at radius 3 is 2.48 bits per heavy atom. The fourth-order valence-corrected chi connectivity index (χ4v) is 6.46. The SMILES string of the molecule is Cc1cccc([C@H]2SCC(=O)N(CC(=O)NCc3cccnc3)c3c2c(-c2ccccc2)nn3-c2cccc(C)c2)c1. The zero-order chi connectivity index (χ0) is 29.1. The lowest BCUT2D eigenvalue weighted by Gasteiger charge is -2.23. The largest absolute Gasteiger partial charge is 0.350 e. The van der Waals surface area contributed by atoms with Crippen molar-refractivity contribution in [1.82, 2.24) is 20.1 Å².